The smallest absolute Gasteiger partial charge is 0.339 e. The van der Waals surface area contributed by atoms with Gasteiger partial charge in [0.2, 0.25) is 11.7 Å². The summed E-state index contributed by atoms with van der Waals surface area (Å²) in [6.07, 6.45) is 5.75. The second-order valence-corrected chi connectivity index (χ2v) is 11.4. The number of carbonyl (C=O) groups excluding carboxylic acids is 1. The highest BCUT2D eigenvalue weighted by Crippen LogP contribution is 2.35. The van der Waals surface area contributed by atoms with Gasteiger partial charge in [-0.25, -0.2) is 31.1 Å². The van der Waals surface area contributed by atoms with E-state index in [1.165, 1.54) is 49.8 Å². The molecule has 1 fully saturated rings. The maximum atomic E-state index is 14.3. The lowest BCUT2D eigenvalue weighted by Crippen LogP contribution is -2.43. The number of benzene rings is 3. The molecule has 0 bridgehead atoms. The van der Waals surface area contributed by atoms with Gasteiger partial charge in [-0.15, -0.1) is 0 Å². The van der Waals surface area contributed by atoms with Gasteiger partial charge in [0.15, 0.2) is 23.3 Å². The lowest BCUT2D eigenvalue weighted by atomic mass is 9.84. The standard InChI is InChI=1S/C30H29F5N2O4S/c1-16(36(2)42-28-26(34)24(32)23(31)25(33)27(28)35)29(39)37(20-12-13-21(30(40)41)22(38)14-20)15-17-8-10-19(11-9-17)18-6-4-3-5-7-18/h8-14,16,18,38H,3-7,15H2,1-2H3,(H,40,41)/t16-/m1/s1. The van der Waals surface area contributed by atoms with E-state index in [0.717, 1.165) is 29.3 Å². The first kappa shape index (κ1) is 31.3. The third kappa shape index (κ3) is 6.54. The average molecular weight is 609 g/mol. The second-order valence-electron chi connectivity index (χ2n) is 10.2. The van der Waals surface area contributed by atoms with Gasteiger partial charge in [-0.2, -0.15) is 0 Å². The van der Waals surface area contributed by atoms with Crippen LogP contribution in [0.1, 0.15) is 66.4 Å². The van der Waals surface area contributed by atoms with Crippen molar-refractivity contribution >= 4 is 29.5 Å². The summed E-state index contributed by atoms with van der Waals surface area (Å²) in [7, 11) is 1.26. The van der Waals surface area contributed by atoms with Crippen molar-refractivity contribution in [3.05, 3.63) is 88.2 Å². The van der Waals surface area contributed by atoms with Crippen molar-refractivity contribution in [2.24, 2.45) is 0 Å². The number of aromatic carboxylic acids is 1. The quantitative estimate of drug-likeness (QED) is 0.114. The minimum absolute atomic E-state index is 0.0129. The van der Waals surface area contributed by atoms with E-state index < -0.39 is 57.6 Å². The number of carboxylic acids is 1. The fourth-order valence-electron chi connectivity index (χ4n) is 4.95. The molecule has 1 saturated carbocycles. The van der Waals surface area contributed by atoms with Gasteiger partial charge in [0.25, 0.3) is 0 Å². The molecule has 1 atom stereocenters. The Kier molecular flexibility index (Phi) is 9.78. The molecule has 42 heavy (non-hydrogen) atoms. The number of aromatic hydroxyl groups is 1. The Morgan fingerprint density at radius 3 is 2.02 bits per heavy atom. The van der Waals surface area contributed by atoms with Crippen LogP contribution in [0.4, 0.5) is 27.6 Å². The molecular formula is C30H29F5N2O4S. The number of hydrogen-bond acceptors (Lipinski definition) is 5. The molecule has 6 nitrogen and oxygen atoms in total. The summed E-state index contributed by atoms with van der Waals surface area (Å²) in [5.41, 5.74) is 1.66. The van der Waals surface area contributed by atoms with Crippen LogP contribution >= 0.6 is 11.9 Å². The zero-order valence-electron chi connectivity index (χ0n) is 22.8. The molecule has 1 aliphatic rings. The van der Waals surface area contributed by atoms with E-state index in [0.29, 0.717) is 11.5 Å². The third-order valence-electron chi connectivity index (χ3n) is 7.49. The van der Waals surface area contributed by atoms with Crippen molar-refractivity contribution in [3.63, 3.8) is 0 Å². The number of carboxylic acid groups (broad SMARTS) is 1. The largest absolute Gasteiger partial charge is 0.507 e. The number of phenols is 1. The van der Waals surface area contributed by atoms with Crippen molar-refractivity contribution in [1.82, 2.24) is 4.31 Å². The van der Waals surface area contributed by atoms with Crippen LogP contribution in [0.3, 0.4) is 0 Å². The predicted molar refractivity (Wildman–Crippen MR) is 148 cm³/mol. The summed E-state index contributed by atoms with van der Waals surface area (Å²) in [6.45, 7) is 1.37. The van der Waals surface area contributed by atoms with E-state index in [-0.39, 0.29) is 29.7 Å². The number of carbonyl (C=O) groups is 2. The third-order valence-corrected chi connectivity index (χ3v) is 8.64. The minimum atomic E-state index is -2.29. The Morgan fingerprint density at radius 1 is 0.905 bits per heavy atom. The SMILES string of the molecule is C[C@H](C(=O)N(Cc1ccc(C2CCCCC2)cc1)c1ccc(C(=O)O)c(O)c1)N(C)Sc1c(F)c(F)c(F)c(F)c1F. The molecule has 12 heteroatoms. The highest BCUT2D eigenvalue weighted by atomic mass is 32.2. The Bertz CT molecular complexity index is 1450. The van der Waals surface area contributed by atoms with Crippen molar-refractivity contribution in [2.75, 3.05) is 11.9 Å². The number of hydrogen-bond donors (Lipinski definition) is 2. The van der Waals surface area contributed by atoms with Gasteiger partial charge in [-0.3, -0.25) is 4.79 Å². The number of rotatable bonds is 9. The Labute approximate surface area is 243 Å². The van der Waals surface area contributed by atoms with Gasteiger partial charge in [-0.1, -0.05) is 43.5 Å². The summed E-state index contributed by atoms with van der Waals surface area (Å²) in [5.74, 6) is -12.7. The van der Waals surface area contributed by atoms with Crippen molar-refractivity contribution < 1.29 is 41.8 Å². The van der Waals surface area contributed by atoms with Crippen LogP contribution in [-0.4, -0.2) is 39.5 Å². The van der Waals surface area contributed by atoms with Gasteiger partial charge in [0, 0.05) is 11.8 Å². The van der Waals surface area contributed by atoms with Gasteiger partial charge in [0.05, 0.1) is 12.6 Å². The van der Waals surface area contributed by atoms with Crippen LogP contribution < -0.4 is 4.90 Å². The molecule has 0 spiro atoms. The second kappa shape index (κ2) is 13.1. The van der Waals surface area contributed by atoms with Crippen LogP contribution in [0.25, 0.3) is 0 Å². The van der Waals surface area contributed by atoms with Crippen LogP contribution in [-0.2, 0) is 11.3 Å². The fourth-order valence-corrected chi connectivity index (χ4v) is 5.82. The lowest BCUT2D eigenvalue weighted by Gasteiger charge is -2.30. The maximum absolute atomic E-state index is 14.3. The molecule has 1 aliphatic carbocycles. The van der Waals surface area contributed by atoms with E-state index in [4.69, 9.17) is 0 Å². The van der Waals surface area contributed by atoms with E-state index in [9.17, 15) is 41.8 Å². The molecule has 3 aromatic carbocycles. The molecule has 0 heterocycles. The summed E-state index contributed by atoms with van der Waals surface area (Å²) in [5, 5.41) is 19.6. The monoisotopic (exact) mass is 608 g/mol. The van der Waals surface area contributed by atoms with E-state index >= 15 is 0 Å². The summed E-state index contributed by atoms with van der Waals surface area (Å²) < 4.78 is 70.7. The number of amides is 1. The first-order chi connectivity index (χ1) is 19.9. The number of likely N-dealkylation sites (N-methyl/N-ethyl adjacent to an activating group) is 1. The van der Waals surface area contributed by atoms with E-state index in [1.54, 1.807) is 0 Å². The molecule has 3 aromatic rings. The number of anilines is 1. The summed E-state index contributed by atoms with van der Waals surface area (Å²) in [6, 6.07) is 10.1. The maximum Gasteiger partial charge on any atom is 0.339 e. The first-order valence-corrected chi connectivity index (χ1v) is 14.1. The topological polar surface area (TPSA) is 81.1 Å². The zero-order valence-corrected chi connectivity index (χ0v) is 23.7. The average Bonchev–Trinajstić information content (AvgIpc) is 2.99. The van der Waals surface area contributed by atoms with E-state index in [1.807, 2.05) is 24.3 Å². The van der Waals surface area contributed by atoms with Crippen molar-refractivity contribution in [3.8, 4) is 5.75 Å². The van der Waals surface area contributed by atoms with Crippen LogP contribution in [0, 0.1) is 29.1 Å². The molecule has 1 amide bonds. The fraction of sp³-hybridized carbons (Fsp3) is 0.333. The first-order valence-electron chi connectivity index (χ1n) is 13.3. The molecular weight excluding hydrogens is 579 g/mol. The zero-order chi connectivity index (χ0) is 30.7. The van der Waals surface area contributed by atoms with Crippen LogP contribution in [0.15, 0.2) is 47.4 Å². The van der Waals surface area contributed by atoms with Crippen LogP contribution in [0.5, 0.6) is 5.75 Å². The lowest BCUT2D eigenvalue weighted by molar-refractivity contribution is -0.121. The van der Waals surface area contributed by atoms with Gasteiger partial charge in [0.1, 0.15) is 16.2 Å². The molecule has 0 saturated heterocycles. The normalized spacial score (nSPS) is 14.7. The predicted octanol–water partition coefficient (Wildman–Crippen LogP) is 7.39. The number of halogens is 5. The van der Waals surface area contributed by atoms with Gasteiger partial charge < -0.3 is 15.1 Å². The summed E-state index contributed by atoms with van der Waals surface area (Å²) >= 11 is 0.178. The summed E-state index contributed by atoms with van der Waals surface area (Å²) in [4.78, 5) is 25.2. The molecule has 0 unspecified atom stereocenters. The highest BCUT2D eigenvalue weighted by molar-refractivity contribution is 7.97. The molecule has 0 radical (unpaired) electrons. The Hall–Kier alpha value is -3.64. The highest BCUT2D eigenvalue weighted by Gasteiger charge is 2.31. The van der Waals surface area contributed by atoms with Crippen molar-refractivity contribution in [2.45, 2.75) is 62.4 Å². The Balaban J connectivity index is 1.63. The van der Waals surface area contributed by atoms with Crippen LogP contribution in [0.2, 0.25) is 0 Å². The van der Waals surface area contributed by atoms with Gasteiger partial charge in [-0.05, 0) is 67.9 Å². The van der Waals surface area contributed by atoms with Gasteiger partial charge >= 0.3 is 5.97 Å². The minimum Gasteiger partial charge on any atom is -0.507 e. The molecule has 2 N–H and O–H groups in total. The molecule has 0 aliphatic heterocycles. The molecule has 0 aromatic heterocycles. The Morgan fingerprint density at radius 2 is 1.48 bits per heavy atom. The van der Waals surface area contributed by atoms with E-state index in [2.05, 4.69) is 0 Å². The molecule has 224 valence electrons. The number of nitrogens with zero attached hydrogens (tertiary/aromatic N) is 2. The van der Waals surface area contributed by atoms with Crippen molar-refractivity contribution in [1.29, 1.82) is 0 Å². The molecule has 4 rings (SSSR count).